The molecule has 0 aliphatic carbocycles. The van der Waals surface area contributed by atoms with Crippen molar-refractivity contribution in [1.29, 1.82) is 0 Å². The van der Waals surface area contributed by atoms with E-state index in [0.29, 0.717) is 5.69 Å². The van der Waals surface area contributed by atoms with Crippen LogP contribution in [-0.4, -0.2) is 4.57 Å². The Balaban J connectivity index is 1.06. The molecule has 0 bridgehead atoms. The van der Waals surface area contributed by atoms with Gasteiger partial charge in [0.25, 0.3) is 0 Å². The minimum Gasteiger partial charge on any atom is -0.309 e. The summed E-state index contributed by atoms with van der Waals surface area (Å²) in [6.07, 6.45) is 0. The number of nitrogens with zero attached hydrogens (tertiary/aromatic N) is 2. The molecule has 0 aliphatic heterocycles. The normalized spacial score (nSPS) is 12.0. The lowest BCUT2D eigenvalue weighted by molar-refractivity contribution is 1.18. The molecule has 0 amide bonds. The molecule has 0 N–H and O–H groups in total. The summed E-state index contributed by atoms with van der Waals surface area (Å²) in [6.45, 7) is 7.93. The second-order valence-corrected chi connectivity index (χ2v) is 14.7. The third-order valence-corrected chi connectivity index (χ3v) is 11.9. The summed E-state index contributed by atoms with van der Waals surface area (Å²) >= 11 is 0. The van der Waals surface area contributed by atoms with E-state index in [2.05, 4.69) is 185 Å². The van der Waals surface area contributed by atoms with Gasteiger partial charge in [-0.15, -0.1) is 0 Å². The third kappa shape index (κ3) is 4.18. The summed E-state index contributed by atoms with van der Waals surface area (Å²) in [6, 6.07) is 66.3. The zero-order chi connectivity index (χ0) is 36.2. The van der Waals surface area contributed by atoms with Gasteiger partial charge in [0.2, 0.25) is 0 Å². The van der Waals surface area contributed by atoms with Crippen LogP contribution in [0, 0.1) is 6.57 Å². The average Bonchev–Trinajstić information content (AvgIpc) is 3.60. The maximum absolute atomic E-state index is 7.93. The van der Waals surface area contributed by atoms with E-state index in [0.717, 1.165) is 27.5 Å². The van der Waals surface area contributed by atoms with E-state index in [1.807, 2.05) is 6.07 Å². The van der Waals surface area contributed by atoms with Gasteiger partial charge in [0.1, 0.15) is 0 Å². The molecular weight excluding hydrogens is 665 g/mol. The number of benzene rings is 11. The summed E-state index contributed by atoms with van der Waals surface area (Å²) in [5.41, 5.74) is 11.4. The summed E-state index contributed by atoms with van der Waals surface area (Å²) in [5.74, 6) is 0. The fourth-order valence-electron chi connectivity index (χ4n) is 9.55. The largest absolute Gasteiger partial charge is 0.309 e. The van der Waals surface area contributed by atoms with Crippen molar-refractivity contribution in [3.05, 3.63) is 193 Å². The Morgan fingerprint density at radius 3 is 1.64 bits per heavy atom. The average molecular weight is 695 g/mol. The van der Waals surface area contributed by atoms with Crippen molar-refractivity contribution in [3.63, 3.8) is 0 Å². The predicted octanol–water partition coefficient (Wildman–Crippen LogP) is 15.0. The summed E-state index contributed by atoms with van der Waals surface area (Å²) in [4.78, 5) is 3.91. The number of aromatic nitrogens is 1. The van der Waals surface area contributed by atoms with Gasteiger partial charge >= 0.3 is 0 Å². The molecule has 0 saturated heterocycles. The fraction of sp³-hybridized carbons (Fsp3) is 0. The van der Waals surface area contributed by atoms with Gasteiger partial charge in [0.05, 0.1) is 17.6 Å². The highest BCUT2D eigenvalue weighted by Crippen LogP contribution is 2.47. The summed E-state index contributed by atoms with van der Waals surface area (Å²) in [7, 11) is 0. The molecular formula is C53H30N2. The minimum atomic E-state index is 0.687. The van der Waals surface area contributed by atoms with Crippen LogP contribution >= 0.6 is 0 Å². The van der Waals surface area contributed by atoms with Crippen molar-refractivity contribution in [3.8, 4) is 39.1 Å². The molecule has 0 saturated carbocycles. The van der Waals surface area contributed by atoms with Gasteiger partial charge in [-0.1, -0.05) is 152 Å². The van der Waals surface area contributed by atoms with Crippen molar-refractivity contribution in [2.45, 2.75) is 0 Å². The molecule has 12 rings (SSSR count). The van der Waals surface area contributed by atoms with E-state index in [-0.39, 0.29) is 0 Å². The molecule has 0 unspecified atom stereocenters. The maximum Gasteiger partial charge on any atom is 0.195 e. The number of hydrogen-bond acceptors (Lipinski definition) is 0. The Morgan fingerprint density at radius 2 is 0.873 bits per heavy atom. The topological polar surface area (TPSA) is 9.29 Å². The zero-order valence-electron chi connectivity index (χ0n) is 29.7. The van der Waals surface area contributed by atoms with Crippen LogP contribution in [0.1, 0.15) is 0 Å². The van der Waals surface area contributed by atoms with E-state index in [1.54, 1.807) is 0 Å². The van der Waals surface area contributed by atoms with Crippen molar-refractivity contribution in [2.24, 2.45) is 0 Å². The van der Waals surface area contributed by atoms with Gasteiger partial charge in [-0.3, -0.25) is 0 Å². The second-order valence-electron chi connectivity index (χ2n) is 14.7. The monoisotopic (exact) mass is 694 g/mol. The first-order valence-corrected chi connectivity index (χ1v) is 18.8. The van der Waals surface area contributed by atoms with Crippen LogP contribution in [0.15, 0.2) is 182 Å². The molecule has 0 atom stereocenters. The lowest BCUT2D eigenvalue weighted by Crippen LogP contribution is -1.93. The summed E-state index contributed by atoms with van der Waals surface area (Å²) < 4.78 is 2.34. The number of fused-ring (bicyclic) bond motifs is 1. The molecule has 2 nitrogen and oxygen atoms in total. The fourth-order valence-corrected chi connectivity index (χ4v) is 9.55. The lowest BCUT2D eigenvalue weighted by atomic mass is 9.86. The Labute approximate surface area is 317 Å². The Hall–Kier alpha value is -7.47. The van der Waals surface area contributed by atoms with Crippen LogP contribution in [0.5, 0.6) is 0 Å². The third-order valence-electron chi connectivity index (χ3n) is 11.9. The van der Waals surface area contributed by atoms with Crippen LogP contribution in [-0.2, 0) is 0 Å². The Bertz CT molecular complexity index is 3540. The maximum atomic E-state index is 7.93. The molecule has 252 valence electrons. The molecule has 0 spiro atoms. The van der Waals surface area contributed by atoms with Crippen molar-refractivity contribution >= 4 is 81.4 Å². The van der Waals surface area contributed by atoms with Crippen molar-refractivity contribution in [2.75, 3.05) is 0 Å². The first-order chi connectivity index (χ1) is 27.2. The summed E-state index contributed by atoms with van der Waals surface area (Å²) in [5, 5.41) is 14.8. The molecule has 1 heterocycles. The Kier molecular flexibility index (Phi) is 6.15. The quantitative estimate of drug-likeness (QED) is 0.128. The van der Waals surface area contributed by atoms with E-state index in [9.17, 15) is 0 Å². The van der Waals surface area contributed by atoms with Gasteiger partial charge in [0, 0.05) is 16.5 Å². The molecule has 55 heavy (non-hydrogen) atoms. The van der Waals surface area contributed by atoms with Crippen molar-refractivity contribution < 1.29 is 0 Å². The van der Waals surface area contributed by atoms with E-state index in [4.69, 9.17) is 6.57 Å². The lowest BCUT2D eigenvalue weighted by Gasteiger charge is -2.17. The van der Waals surface area contributed by atoms with Crippen molar-refractivity contribution in [1.82, 2.24) is 4.57 Å². The van der Waals surface area contributed by atoms with Crippen LogP contribution in [0.3, 0.4) is 0 Å². The highest BCUT2D eigenvalue weighted by Gasteiger charge is 2.21. The standard InChI is InChI=1S/C53H30N2/c1-54-47-28-30-49-53-46(47)26-25-44-40(27-29-48(52(44)53)55(49)37-13-3-2-4-14-37)36-12-7-11-35(31-36)39-21-17-33-20-24-45-42(22-18-34-19-23-43(39)50(33)51(34)45)41-16-8-10-32-9-5-6-15-38(32)41/h2-31H. The molecule has 11 aromatic carbocycles. The molecule has 2 heteroatoms. The van der Waals surface area contributed by atoms with Gasteiger partial charge < -0.3 is 4.57 Å². The van der Waals surface area contributed by atoms with Gasteiger partial charge in [-0.05, 0) is 118 Å². The van der Waals surface area contributed by atoms with Gasteiger partial charge in [0.15, 0.2) is 5.69 Å². The number of rotatable bonds is 4. The first-order valence-electron chi connectivity index (χ1n) is 18.8. The predicted molar refractivity (Wildman–Crippen MR) is 233 cm³/mol. The van der Waals surface area contributed by atoms with Gasteiger partial charge in [-0.25, -0.2) is 4.85 Å². The van der Waals surface area contributed by atoms with Crippen LogP contribution in [0.25, 0.3) is 120 Å². The number of para-hydroxylation sites is 1. The molecule has 12 aromatic rings. The van der Waals surface area contributed by atoms with Crippen LogP contribution in [0.4, 0.5) is 5.69 Å². The zero-order valence-corrected chi connectivity index (χ0v) is 29.7. The minimum absolute atomic E-state index is 0.687. The SMILES string of the molecule is [C-]#[N+]c1ccc2c3c1ccc1c(-c4cccc(-c5ccc6ccc7c(-c8cccc9ccccc89)ccc8ccc5c6c87)c4)ccc(c13)n2-c1ccccc1. The Morgan fingerprint density at radius 1 is 0.345 bits per heavy atom. The van der Waals surface area contributed by atoms with E-state index in [1.165, 1.54) is 87.2 Å². The van der Waals surface area contributed by atoms with E-state index < -0.39 is 0 Å². The number of hydrogen-bond donors (Lipinski definition) is 0. The molecule has 0 aliphatic rings. The van der Waals surface area contributed by atoms with Gasteiger partial charge in [-0.2, -0.15) is 0 Å². The van der Waals surface area contributed by atoms with Crippen LogP contribution < -0.4 is 0 Å². The smallest absolute Gasteiger partial charge is 0.195 e. The highest BCUT2D eigenvalue weighted by atomic mass is 15.0. The first kappa shape index (κ1) is 30.0. The molecule has 0 fully saturated rings. The second kappa shape index (κ2) is 11.3. The molecule has 1 aromatic heterocycles. The highest BCUT2D eigenvalue weighted by molar-refractivity contribution is 6.30. The molecule has 0 radical (unpaired) electrons. The van der Waals surface area contributed by atoms with E-state index >= 15 is 0 Å². The van der Waals surface area contributed by atoms with Crippen LogP contribution in [0.2, 0.25) is 0 Å².